The number of nitrogens with zero attached hydrogens (tertiary/aromatic N) is 4. The van der Waals surface area contributed by atoms with Gasteiger partial charge in [0.05, 0.1) is 24.2 Å². The number of nitrogens with one attached hydrogen (secondary N) is 1. The molecule has 0 aliphatic carbocycles. The van der Waals surface area contributed by atoms with E-state index in [0.29, 0.717) is 17.1 Å². The van der Waals surface area contributed by atoms with Crippen LogP contribution >= 0.6 is 0 Å². The third-order valence-corrected chi connectivity index (χ3v) is 3.25. The lowest BCUT2D eigenvalue weighted by Gasteiger charge is -2.05. The highest BCUT2D eigenvalue weighted by Gasteiger charge is 2.07. The van der Waals surface area contributed by atoms with Gasteiger partial charge in [0.1, 0.15) is 5.75 Å². The lowest BCUT2D eigenvalue weighted by Crippen LogP contribution is -2.20. The minimum Gasteiger partial charge on any atom is -0.497 e. The van der Waals surface area contributed by atoms with Crippen molar-refractivity contribution >= 4 is 17.6 Å². The third kappa shape index (κ3) is 4.73. The van der Waals surface area contributed by atoms with E-state index in [-0.39, 0.29) is 12.6 Å². The zero-order valence-electron chi connectivity index (χ0n) is 14.0. The van der Waals surface area contributed by atoms with Crippen molar-refractivity contribution in [3.63, 3.8) is 0 Å². The van der Waals surface area contributed by atoms with Crippen LogP contribution in [-0.4, -0.2) is 40.5 Å². The summed E-state index contributed by atoms with van der Waals surface area (Å²) in [5.41, 5.74) is 2.94. The Morgan fingerprint density at radius 1 is 1.17 bits per heavy atom. The van der Waals surface area contributed by atoms with E-state index < -0.39 is 5.91 Å². The van der Waals surface area contributed by atoms with Crippen LogP contribution in [0.3, 0.4) is 0 Å². The fourth-order valence-corrected chi connectivity index (χ4v) is 1.74. The lowest BCUT2D eigenvalue weighted by atomic mass is 10.1. The largest absolute Gasteiger partial charge is 0.497 e. The zero-order valence-corrected chi connectivity index (χ0v) is 14.0. The maximum absolute atomic E-state index is 11.8. The molecule has 0 spiro atoms. The van der Waals surface area contributed by atoms with Gasteiger partial charge in [-0.1, -0.05) is 5.16 Å². The highest BCUT2D eigenvalue weighted by molar-refractivity contribution is 5.98. The Hall–Kier alpha value is -3.03. The molecule has 0 saturated carbocycles. The van der Waals surface area contributed by atoms with E-state index in [1.165, 1.54) is 0 Å². The summed E-state index contributed by atoms with van der Waals surface area (Å²) in [4.78, 5) is 21.0. The lowest BCUT2D eigenvalue weighted by molar-refractivity contribution is -0.120. The molecule has 0 aliphatic rings. The molecule has 0 atom stereocenters. The van der Waals surface area contributed by atoms with Crippen LogP contribution in [0.4, 0.5) is 5.95 Å². The predicted molar refractivity (Wildman–Crippen MR) is 89.1 cm³/mol. The van der Waals surface area contributed by atoms with Crippen LogP contribution in [0.25, 0.3) is 0 Å². The van der Waals surface area contributed by atoms with Gasteiger partial charge in [0.15, 0.2) is 6.61 Å². The zero-order chi connectivity index (χ0) is 17.5. The van der Waals surface area contributed by atoms with Crippen molar-refractivity contribution in [1.82, 2.24) is 15.2 Å². The average Bonchev–Trinajstić information content (AvgIpc) is 2.58. The number of aryl methyl sites for hydroxylation is 2. The fraction of sp³-hybridized carbons (Fsp3) is 0.312. The number of rotatable bonds is 6. The molecule has 0 fully saturated rings. The van der Waals surface area contributed by atoms with Crippen molar-refractivity contribution in [3.05, 3.63) is 41.2 Å². The molecule has 1 amide bonds. The standard InChI is InChI=1S/C16H19N5O3/c1-10-11(2)19-20-16(17-10)18-15(22)9-24-21-12(3)13-5-7-14(23-4)8-6-13/h5-8H,9H2,1-4H3,(H,17,18,20,22). The molecule has 0 aliphatic heterocycles. The fourth-order valence-electron chi connectivity index (χ4n) is 1.74. The van der Waals surface area contributed by atoms with Crippen LogP contribution in [-0.2, 0) is 9.63 Å². The van der Waals surface area contributed by atoms with Gasteiger partial charge in [-0.3, -0.25) is 10.1 Å². The summed E-state index contributed by atoms with van der Waals surface area (Å²) in [7, 11) is 1.60. The van der Waals surface area contributed by atoms with Crippen molar-refractivity contribution in [2.75, 3.05) is 19.0 Å². The maximum Gasteiger partial charge on any atom is 0.267 e. The molecular weight excluding hydrogens is 310 g/mol. The Bertz CT molecular complexity index is 744. The van der Waals surface area contributed by atoms with E-state index in [1.807, 2.05) is 24.3 Å². The molecule has 1 aromatic heterocycles. The van der Waals surface area contributed by atoms with E-state index in [4.69, 9.17) is 9.57 Å². The Kier molecular flexibility index (Phi) is 5.78. The second-order valence-corrected chi connectivity index (χ2v) is 5.03. The summed E-state index contributed by atoms with van der Waals surface area (Å²) < 4.78 is 5.09. The van der Waals surface area contributed by atoms with Crippen LogP contribution in [0.2, 0.25) is 0 Å². The monoisotopic (exact) mass is 329 g/mol. The molecule has 0 saturated heterocycles. The summed E-state index contributed by atoms with van der Waals surface area (Å²) >= 11 is 0. The first kappa shape index (κ1) is 17.3. The number of anilines is 1. The van der Waals surface area contributed by atoms with E-state index in [9.17, 15) is 4.79 Å². The number of aromatic nitrogens is 3. The minimum atomic E-state index is -0.411. The van der Waals surface area contributed by atoms with Crippen molar-refractivity contribution in [3.8, 4) is 5.75 Å². The molecule has 2 rings (SSSR count). The molecule has 1 N–H and O–H groups in total. The number of carbonyl (C=O) groups excluding carboxylic acids is 1. The van der Waals surface area contributed by atoms with Gasteiger partial charge in [-0.15, -0.1) is 5.10 Å². The molecule has 1 heterocycles. The van der Waals surface area contributed by atoms with Crippen molar-refractivity contribution in [2.24, 2.45) is 5.16 Å². The van der Waals surface area contributed by atoms with Gasteiger partial charge in [-0.25, -0.2) is 4.98 Å². The van der Waals surface area contributed by atoms with Gasteiger partial charge in [0.2, 0.25) is 5.95 Å². The average molecular weight is 329 g/mol. The summed E-state index contributed by atoms with van der Waals surface area (Å²) in [6.07, 6.45) is 0. The summed E-state index contributed by atoms with van der Waals surface area (Å²) in [6, 6.07) is 7.36. The number of amides is 1. The number of hydrogen-bond acceptors (Lipinski definition) is 7. The first-order chi connectivity index (χ1) is 11.5. The molecule has 0 radical (unpaired) electrons. The number of hydrogen-bond donors (Lipinski definition) is 1. The number of ether oxygens (including phenoxy) is 1. The van der Waals surface area contributed by atoms with E-state index >= 15 is 0 Å². The second kappa shape index (κ2) is 8.00. The second-order valence-electron chi connectivity index (χ2n) is 5.03. The predicted octanol–water partition coefficient (Wildman–Crippen LogP) is 1.88. The maximum atomic E-state index is 11.8. The van der Waals surface area contributed by atoms with Gasteiger partial charge in [0.25, 0.3) is 5.91 Å². The van der Waals surface area contributed by atoms with E-state index in [0.717, 1.165) is 11.3 Å². The number of benzene rings is 1. The smallest absolute Gasteiger partial charge is 0.267 e. The van der Waals surface area contributed by atoms with Gasteiger partial charge in [-0.05, 0) is 50.6 Å². The highest BCUT2D eigenvalue weighted by Crippen LogP contribution is 2.12. The Morgan fingerprint density at radius 2 is 1.88 bits per heavy atom. The highest BCUT2D eigenvalue weighted by atomic mass is 16.6. The third-order valence-electron chi connectivity index (χ3n) is 3.25. The minimum absolute atomic E-state index is 0.141. The van der Waals surface area contributed by atoms with E-state index in [1.54, 1.807) is 27.9 Å². The molecule has 126 valence electrons. The van der Waals surface area contributed by atoms with Crippen molar-refractivity contribution < 1.29 is 14.4 Å². The van der Waals surface area contributed by atoms with Gasteiger partial charge >= 0.3 is 0 Å². The molecule has 0 bridgehead atoms. The summed E-state index contributed by atoms with van der Waals surface area (Å²) in [5.74, 6) is 0.489. The van der Waals surface area contributed by atoms with Crippen LogP contribution in [0.1, 0.15) is 23.9 Å². The molecule has 2 aromatic rings. The molecule has 24 heavy (non-hydrogen) atoms. The normalized spacial score (nSPS) is 11.1. The summed E-state index contributed by atoms with van der Waals surface area (Å²) in [6.45, 7) is 5.12. The SMILES string of the molecule is COc1ccc(C(C)=NOCC(=O)Nc2nnc(C)c(C)n2)cc1. The van der Waals surface area contributed by atoms with Crippen LogP contribution < -0.4 is 10.1 Å². The topological polar surface area (TPSA) is 98.6 Å². The van der Waals surface area contributed by atoms with Gasteiger partial charge in [-0.2, -0.15) is 5.10 Å². The Labute approximate surface area is 139 Å². The number of oxime groups is 1. The summed E-state index contributed by atoms with van der Waals surface area (Å²) in [5, 5.41) is 14.1. The molecule has 8 heteroatoms. The Morgan fingerprint density at radius 3 is 2.50 bits per heavy atom. The molecule has 1 aromatic carbocycles. The van der Waals surface area contributed by atoms with Crippen LogP contribution in [0.15, 0.2) is 29.4 Å². The first-order valence-electron chi connectivity index (χ1n) is 7.28. The van der Waals surface area contributed by atoms with Crippen LogP contribution in [0.5, 0.6) is 5.75 Å². The van der Waals surface area contributed by atoms with Gasteiger partial charge in [0, 0.05) is 0 Å². The molecule has 8 nitrogen and oxygen atoms in total. The van der Waals surface area contributed by atoms with E-state index in [2.05, 4.69) is 25.7 Å². The van der Waals surface area contributed by atoms with Crippen LogP contribution in [0, 0.1) is 13.8 Å². The number of carbonyl (C=O) groups is 1. The number of methoxy groups -OCH3 is 1. The van der Waals surface area contributed by atoms with Crippen molar-refractivity contribution in [2.45, 2.75) is 20.8 Å². The Balaban J connectivity index is 1.87. The van der Waals surface area contributed by atoms with Crippen molar-refractivity contribution in [1.29, 1.82) is 0 Å². The molecule has 0 unspecified atom stereocenters. The van der Waals surface area contributed by atoms with Gasteiger partial charge < -0.3 is 9.57 Å². The quantitative estimate of drug-likeness (QED) is 0.642. The molecular formula is C16H19N5O3. The first-order valence-corrected chi connectivity index (χ1v) is 7.28.